The van der Waals surface area contributed by atoms with Crippen molar-refractivity contribution in [2.75, 3.05) is 0 Å². The third-order valence-corrected chi connectivity index (χ3v) is 4.53. The maximum atomic E-state index is 13.9. The third-order valence-electron chi connectivity index (χ3n) is 4.53. The lowest BCUT2D eigenvalue weighted by Gasteiger charge is -2.28. The second-order valence-corrected chi connectivity index (χ2v) is 6.56. The number of aliphatic imine (C=N–C) groups is 1. The number of hydrogen-bond donors (Lipinski definition) is 0. The standard InChI is InChI=1S/C19H20F3NO/c1-13(15-6-4-3-5-7-15)23-18(2,19(20,21)22)17-16(10-11-24-17)12-14-8-9-14/h3-7,10-11,14H,8-9,12H2,1-2H3/t18-/m0/s1. The molecule has 1 aliphatic rings. The summed E-state index contributed by atoms with van der Waals surface area (Å²) < 4.78 is 47.0. The molecule has 0 spiro atoms. The van der Waals surface area contributed by atoms with Crippen molar-refractivity contribution in [3.8, 4) is 0 Å². The van der Waals surface area contributed by atoms with Crippen molar-refractivity contribution in [1.82, 2.24) is 0 Å². The average molecular weight is 335 g/mol. The van der Waals surface area contributed by atoms with Crippen LogP contribution in [0.25, 0.3) is 0 Å². The number of alkyl halides is 3. The molecular formula is C19H20F3NO. The van der Waals surface area contributed by atoms with Crippen molar-refractivity contribution in [3.63, 3.8) is 0 Å². The van der Waals surface area contributed by atoms with E-state index in [-0.39, 0.29) is 5.76 Å². The Bertz CT molecular complexity index is 729. The maximum absolute atomic E-state index is 13.9. The summed E-state index contributed by atoms with van der Waals surface area (Å²) >= 11 is 0. The number of hydrogen-bond acceptors (Lipinski definition) is 2. The highest BCUT2D eigenvalue weighted by Crippen LogP contribution is 2.45. The molecule has 1 aromatic heterocycles. The van der Waals surface area contributed by atoms with Crippen LogP contribution >= 0.6 is 0 Å². The first-order valence-electron chi connectivity index (χ1n) is 8.06. The van der Waals surface area contributed by atoms with E-state index in [2.05, 4.69) is 4.99 Å². The topological polar surface area (TPSA) is 25.5 Å². The van der Waals surface area contributed by atoms with Gasteiger partial charge in [-0.25, -0.2) is 0 Å². The number of rotatable bonds is 5. The smallest absolute Gasteiger partial charge is 0.420 e. The van der Waals surface area contributed by atoms with Gasteiger partial charge in [0.1, 0.15) is 5.76 Å². The van der Waals surface area contributed by atoms with Crippen molar-refractivity contribution in [2.45, 2.75) is 44.8 Å². The zero-order valence-corrected chi connectivity index (χ0v) is 13.7. The van der Waals surface area contributed by atoms with E-state index in [4.69, 9.17) is 4.42 Å². The summed E-state index contributed by atoms with van der Waals surface area (Å²) in [4.78, 5) is 4.08. The molecule has 1 aliphatic carbocycles. The molecule has 128 valence electrons. The SMILES string of the molecule is CC(=N[C@@](C)(c1occc1CC1CC1)C(F)(F)F)c1ccccc1. The molecule has 1 saturated carbocycles. The van der Waals surface area contributed by atoms with Crippen LogP contribution in [0.3, 0.4) is 0 Å². The highest BCUT2D eigenvalue weighted by molar-refractivity contribution is 5.99. The van der Waals surface area contributed by atoms with E-state index in [9.17, 15) is 13.2 Å². The van der Waals surface area contributed by atoms with Gasteiger partial charge >= 0.3 is 6.18 Å². The first-order chi connectivity index (χ1) is 11.3. The molecular weight excluding hydrogens is 315 g/mol. The van der Waals surface area contributed by atoms with Crippen LogP contribution < -0.4 is 0 Å². The van der Waals surface area contributed by atoms with Crippen LogP contribution in [-0.4, -0.2) is 11.9 Å². The van der Waals surface area contributed by atoms with Crippen LogP contribution in [0.2, 0.25) is 0 Å². The Kier molecular flexibility index (Phi) is 4.28. The second-order valence-electron chi connectivity index (χ2n) is 6.56. The lowest BCUT2D eigenvalue weighted by molar-refractivity contribution is -0.187. The molecule has 1 fully saturated rings. The fourth-order valence-corrected chi connectivity index (χ4v) is 2.88. The third kappa shape index (κ3) is 3.25. The summed E-state index contributed by atoms with van der Waals surface area (Å²) in [6, 6.07) is 10.5. The van der Waals surface area contributed by atoms with Gasteiger partial charge in [-0.15, -0.1) is 0 Å². The van der Waals surface area contributed by atoms with E-state index in [1.165, 1.54) is 6.26 Å². The summed E-state index contributed by atoms with van der Waals surface area (Å²) in [7, 11) is 0. The van der Waals surface area contributed by atoms with Crippen molar-refractivity contribution >= 4 is 5.71 Å². The van der Waals surface area contributed by atoms with E-state index < -0.39 is 11.7 Å². The van der Waals surface area contributed by atoms with Gasteiger partial charge in [-0.2, -0.15) is 13.2 Å². The molecule has 0 amide bonds. The minimum Gasteiger partial charge on any atom is -0.466 e. The maximum Gasteiger partial charge on any atom is 0.420 e. The molecule has 0 saturated heterocycles. The monoisotopic (exact) mass is 335 g/mol. The van der Waals surface area contributed by atoms with Crippen LogP contribution in [0.5, 0.6) is 0 Å². The minimum absolute atomic E-state index is 0.0859. The van der Waals surface area contributed by atoms with E-state index in [1.54, 1.807) is 37.3 Å². The molecule has 5 heteroatoms. The molecule has 0 unspecified atom stereocenters. The Hall–Kier alpha value is -2.04. The molecule has 1 atom stereocenters. The zero-order valence-electron chi connectivity index (χ0n) is 13.7. The fraction of sp³-hybridized carbons (Fsp3) is 0.421. The molecule has 0 aliphatic heterocycles. The lowest BCUT2D eigenvalue weighted by Crippen LogP contribution is -2.39. The first-order valence-corrected chi connectivity index (χ1v) is 8.06. The van der Waals surface area contributed by atoms with E-state index in [0.717, 1.165) is 19.8 Å². The van der Waals surface area contributed by atoms with Crippen molar-refractivity contribution in [2.24, 2.45) is 10.9 Å². The Morgan fingerprint density at radius 1 is 1.17 bits per heavy atom. The van der Waals surface area contributed by atoms with Crippen LogP contribution in [0, 0.1) is 5.92 Å². The first kappa shape index (κ1) is 16.8. The molecule has 1 heterocycles. The van der Waals surface area contributed by atoms with Crippen molar-refractivity contribution in [3.05, 3.63) is 59.5 Å². The predicted molar refractivity (Wildman–Crippen MR) is 87.2 cm³/mol. The summed E-state index contributed by atoms with van der Waals surface area (Å²) in [5.74, 6) is 0.384. The molecule has 2 nitrogen and oxygen atoms in total. The molecule has 3 rings (SSSR count). The van der Waals surface area contributed by atoms with E-state index >= 15 is 0 Å². The Balaban J connectivity index is 2.04. The van der Waals surface area contributed by atoms with Gasteiger partial charge in [-0.1, -0.05) is 30.3 Å². The van der Waals surface area contributed by atoms with Gasteiger partial charge in [0.25, 0.3) is 0 Å². The van der Waals surface area contributed by atoms with Gasteiger partial charge in [0.15, 0.2) is 0 Å². The Morgan fingerprint density at radius 2 is 1.83 bits per heavy atom. The molecule has 24 heavy (non-hydrogen) atoms. The van der Waals surface area contributed by atoms with Crippen LogP contribution in [0.15, 0.2) is 52.1 Å². The van der Waals surface area contributed by atoms with Gasteiger partial charge in [-0.3, -0.25) is 4.99 Å². The van der Waals surface area contributed by atoms with Gasteiger partial charge < -0.3 is 4.42 Å². The van der Waals surface area contributed by atoms with Crippen LogP contribution in [-0.2, 0) is 12.0 Å². The number of furan rings is 1. The predicted octanol–water partition coefficient (Wildman–Crippen LogP) is 5.52. The molecule has 0 radical (unpaired) electrons. The van der Waals surface area contributed by atoms with Gasteiger partial charge in [0.05, 0.1) is 6.26 Å². The van der Waals surface area contributed by atoms with Crippen molar-refractivity contribution in [1.29, 1.82) is 0 Å². The van der Waals surface area contributed by atoms with Gasteiger partial charge in [-0.05, 0) is 56.2 Å². The van der Waals surface area contributed by atoms with Gasteiger partial charge in [0.2, 0.25) is 5.54 Å². The molecule has 1 aromatic carbocycles. The van der Waals surface area contributed by atoms with Crippen LogP contribution in [0.1, 0.15) is 43.6 Å². The van der Waals surface area contributed by atoms with Gasteiger partial charge in [0, 0.05) is 5.71 Å². The Labute approximate surface area is 139 Å². The van der Waals surface area contributed by atoms with E-state index in [0.29, 0.717) is 29.2 Å². The van der Waals surface area contributed by atoms with Crippen molar-refractivity contribution < 1.29 is 17.6 Å². The summed E-state index contributed by atoms with van der Waals surface area (Å²) in [5.41, 5.74) is -0.768. The molecule has 0 N–H and O–H groups in total. The largest absolute Gasteiger partial charge is 0.466 e. The number of halogens is 3. The number of benzene rings is 1. The Morgan fingerprint density at radius 3 is 2.42 bits per heavy atom. The van der Waals surface area contributed by atoms with Crippen LogP contribution in [0.4, 0.5) is 13.2 Å². The average Bonchev–Trinajstić information content (AvgIpc) is 3.22. The normalized spacial score (nSPS) is 18.5. The second kappa shape index (κ2) is 6.11. The lowest BCUT2D eigenvalue weighted by atomic mass is 9.92. The van der Waals surface area contributed by atoms with E-state index in [1.807, 2.05) is 6.07 Å². The summed E-state index contributed by atoms with van der Waals surface area (Å²) in [6.07, 6.45) is -0.444. The highest BCUT2D eigenvalue weighted by atomic mass is 19.4. The highest BCUT2D eigenvalue weighted by Gasteiger charge is 2.56. The molecule has 2 aromatic rings. The quantitative estimate of drug-likeness (QED) is 0.661. The summed E-state index contributed by atoms with van der Waals surface area (Å²) in [5, 5.41) is 0. The summed E-state index contributed by atoms with van der Waals surface area (Å²) in [6.45, 7) is 2.69. The number of nitrogens with zero attached hydrogens (tertiary/aromatic N) is 1. The molecule has 0 bridgehead atoms. The zero-order chi connectivity index (χ0) is 17.4. The fourth-order valence-electron chi connectivity index (χ4n) is 2.88. The minimum atomic E-state index is -4.54.